The second kappa shape index (κ2) is 6.84. The number of sulfonamides is 1. The molecule has 1 aromatic carbocycles. The van der Waals surface area contributed by atoms with Crippen molar-refractivity contribution in [2.24, 2.45) is 5.92 Å². The number of ether oxygens (including phenoxy) is 1. The molecule has 1 fully saturated rings. The normalized spacial score (nSPS) is 16.8. The highest BCUT2D eigenvalue weighted by Crippen LogP contribution is 2.14. The Hall–Kier alpha value is -1.42. The lowest BCUT2D eigenvalue weighted by Gasteiger charge is -2.22. The average Bonchev–Trinajstić information content (AvgIpc) is 2.47. The molecule has 0 spiro atoms. The van der Waals surface area contributed by atoms with Crippen molar-refractivity contribution in [2.45, 2.75) is 18.6 Å². The highest BCUT2D eigenvalue weighted by molar-refractivity contribution is 7.88. The lowest BCUT2D eigenvalue weighted by molar-refractivity contribution is 0.0678. The van der Waals surface area contributed by atoms with Gasteiger partial charge in [-0.15, -0.1) is 0 Å². The Morgan fingerprint density at radius 1 is 1.25 bits per heavy atom. The average molecular weight is 294 g/mol. The Kier molecular flexibility index (Phi) is 5.12. The fourth-order valence-corrected chi connectivity index (χ4v) is 3.36. The zero-order valence-electron chi connectivity index (χ0n) is 11.2. The summed E-state index contributed by atoms with van der Waals surface area (Å²) in [6, 6.07) is 8.61. The van der Waals surface area contributed by atoms with Gasteiger partial charge in [-0.25, -0.2) is 13.1 Å². The molecule has 2 rings (SSSR count). The Morgan fingerprint density at radius 3 is 2.50 bits per heavy atom. The molecule has 0 bridgehead atoms. The Morgan fingerprint density at radius 2 is 1.90 bits per heavy atom. The summed E-state index contributed by atoms with van der Waals surface area (Å²) in [7, 11) is -3.33. The van der Waals surface area contributed by atoms with Crippen molar-refractivity contribution in [3.63, 3.8) is 0 Å². The molecule has 1 saturated heterocycles. The van der Waals surface area contributed by atoms with Gasteiger partial charge in [0.1, 0.15) is 0 Å². The number of rotatable bonds is 5. The smallest absolute Gasteiger partial charge is 0.215 e. The van der Waals surface area contributed by atoms with E-state index in [1.807, 2.05) is 6.07 Å². The lowest BCUT2D eigenvalue weighted by atomic mass is 10.0. The van der Waals surface area contributed by atoms with Crippen LogP contribution < -0.4 is 4.72 Å². The van der Waals surface area contributed by atoms with Gasteiger partial charge in [0.15, 0.2) is 0 Å². The van der Waals surface area contributed by atoms with Crippen LogP contribution in [0.2, 0.25) is 0 Å². The van der Waals surface area contributed by atoms with Gasteiger partial charge in [0.05, 0.1) is 17.4 Å². The van der Waals surface area contributed by atoms with Crippen LogP contribution in [0.5, 0.6) is 0 Å². The molecule has 6 heteroatoms. The second-order valence-electron chi connectivity index (χ2n) is 4.97. The first-order chi connectivity index (χ1) is 9.59. The molecule has 1 aromatic rings. The van der Waals surface area contributed by atoms with Crippen molar-refractivity contribution in [1.82, 2.24) is 4.72 Å². The summed E-state index contributed by atoms with van der Waals surface area (Å²) in [6.45, 7) is 1.89. The summed E-state index contributed by atoms with van der Waals surface area (Å²) in [5, 5.41) is 8.70. The summed E-state index contributed by atoms with van der Waals surface area (Å²) in [6.07, 6.45) is 1.80. The zero-order chi connectivity index (χ0) is 14.4. The van der Waals surface area contributed by atoms with Gasteiger partial charge in [0, 0.05) is 19.8 Å². The minimum absolute atomic E-state index is 0.0536. The topological polar surface area (TPSA) is 79.2 Å². The molecule has 0 atom stereocenters. The third-order valence-corrected chi connectivity index (χ3v) is 4.69. The number of hydrogen-bond donors (Lipinski definition) is 1. The van der Waals surface area contributed by atoms with E-state index in [9.17, 15) is 8.42 Å². The predicted molar refractivity (Wildman–Crippen MR) is 75.3 cm³/mol. The van der Waals surface area contributed by atoms with Crippen molar-refractivity contribution < 1.29 is 13.2 Å². The van der Waals surface area contributed by atoms with Crippen LogP contribution in [0.15, 0.2) is 24.3 Å². The van der Waals surface area contributed by atoms with Crippen molar-refractivity contribution in [1.29, 1.82) is 5.26 Å². The molecule has 0 unspecified atom stereocenters. The minimum atomic E-state index is -3.33. The molecule has 1 N–H and O–H groups in total. The van der Waals surface area contributed by atoms with E-state index in [1.165, 1.54) is 0 Å². The van der Waals surface area contributed by atoms with Gasteiger partial charge in [0.25, 0.3) is 0 Å². The third kappa shape index (κ3) is 4.60. The molecule has 0 aliphatic carbocycles. The van der Waals surface area contributed by atoms with Gasteiger partial charge >= 0.3 is 0 Å². The van der Waals surface area contributed by atoms with E-state index in [4.69, 9.17) is 10.00 Å². The molecule has 0 saturated carbocycles. The number of nitriles is 1. The summed E-state index contributed by atoms with van der Waals surface area (Å²) >= 11 is 0. The van der Waals surface area contributed by atoms with E-state index < -0.39 is 10.0 Å². The maximum Gasteiger partial charge on any atom is 0.215 e. The van der Waals surface area contributed by atoms with Crippen molar-refractivity contribution in [3.8, 4) is 6.07 Å². The number of benzene rings is 1. The maximum absolute atomic E-state index is 12.0. The second-order valence-corrected chi connectivity index (χ2v) is 6.78. The molecule has 108 valence electrons. The molecule has 0 amide bonds. The van der Waals surface area contributed by atoms with Crippen molar-refractivity contribution in [2.75, 3.05) is 19.8 Å². The van der Waals surface area contributed by atoms with Crippen LogP contribution in [-0.4, -0.2) is 28.2 Å². The Labute approximate surface area is 119 Å². The maximum atomic E-state index is 12.0. The summed E-state index contributed by atoms with van der Waals surface area (Å²) < 4.78 is 31.9. The minimum Gasteiger partial charge on any atom is -0.381 e. The first-order valence-corrected chi connectivity index (χ1v) is 8.28. The van der Waals surface area contributed by atoms with E-state index >= 15 is 0 Å². The number of nitrogens with one attached hydrogen (secondary N) is 1. The van der Waals surface area contributed by atoms with Crippen LogP contribution in [0.4, 0.5) is 0 Å². The molecular weight excluding hydrogens is 276 g/mol. The summed E-state index contributed by atoms with van der Waals surface area (Å²) in [5.41, 5.74) is 1.21. The van der Waals surface area contributed by atoms with Crippen molar-refractivity contribution >= 4 is 10.0 Å². The fourth-order valence-electron chi connectivity index (χ4n) is 2.14. The standard InChI is InChI=1S/C14H18N2O3S/c15-9-12-1-3-14(4-2-12)11-20(17,18)16-10-13-5-7-19-8-6-13/h1-4,13,16H,5-8,10-11H2. The van der Waals surface area contributed by atoms with E-state index in [-0.39, 0.29) is 5.75 Å². The number of hydrogen-bond acceptors (Lipinski definition) is 4. The lowest BCUT2D eigenvalue weighted by Crippen LogP contribution is -2.32. The highest BCUT2D eigenvalue weighted by Gasteiger charge is 2.17. The van der Waals surface area contributed by atoms with Gasteiger partial charge < -0.3 is 4.74 Å². The summed E-state index contributed by atoms with van der Waals surface area (Å²) in [4.78, 5) is 0. The molecule has 20 heavy (non-hydrogen) atoms. The van der Waals surface area contributed by atoms with E-state index in [2.05, 4.69) is 4.72 Å². The van der Waals surface area contributed by atoms with E-state index in [0.29, 0.717) is 36.8 Å². The summed E-state index contributed by atoms with van der Waals surface area (Å²) in [5.74, 6) is 0.307. The van der Waals surface area contributed by atoms with Gasteiger partial charge in [-0.1, -0.05) is 12.1 Å². The van der Waals surface area contributed by atoms with Crippen LogP contribution >= 0.6 is 0 Å². The fraction of sp³-hybridized carbons (Fsp3) is 0.500. The Balaban J connectivity index is 1.87. The van der Waals surface area contributed by atoms with Crippen LogP contribution in [0.3, 0.4) is 0 Å². The van der Waals surface area contributed by atoms with E-state index in [1.54, 1.807) is 24.3 Å². The number of nitrogens with zero attached hydrogens (tertiary/aromatic N) is 1. The van der Waals surface area contributed by atoms with Gasteiger partial charge in [0.2, 0.25) is 10.0 Å². The molecule has 1 heterocycles. The molecule has 5 nitrogen and oxygen atoms in total. The van der Waals surface area contributed by atoms with Crippen LogP contribution in [0.25, 0.3) is 0 Å². The van der Waals surface area contributed by atoms with E-state index in [0.717, 1.165) is 12.8 Å². The third-order valence-electron chi connectivity index (χ3n) is 3.37. The predicted octanol–water partition coefficient (Wildman–Crippen LogP) is 1.40. The highest BCUT2D eigenvalue weighted by atomic mass is 32.2. The van der Waals surface area contributed by atoms with Gasteiger partial charge in [-0.05, 0) is 36.5 Å². The first-order valence-electron chi connectivity index (χ1n) is 6.63. The monoisotopic (exact) mass is 294 g/mol. The van der Waals surface area contributed by atoms with Crippen LogP contribution in [0.1, 0.15) is 24.0 Å². The van der Waals surface area contributed by atoms with Crippen LogP contribution in [0, 0.1) is 17.2 Å². The van der Waals surface area contributed by atoms with Crippen molar-refractivity contribution in [3.05, 3.63) is 35.4 Å². The largest absolute Gasteiger partial charge is 0.381 e. The molecular formula is C14H18N2O3S. The van der Waals surface area contributed by atoms with Gasteiger partial charge in [-0.2, -0.15) is 5.26 Å². The van der Waals surface area contributed by atoms with Gasteiger partial charge in [-0.3, -0.25) is 0 Å². The Bertz CT molecular complexity index is 569. The quantitative estimate of drug-likeness (QED) is 0.890. The molecule has 1 aliphatic heterocycles. The molecule has 0 radical (unpaired) electrons. The SMILES string of the molecule is N#Cc1ccc(CS(=O)(=O)NCC2CCOCC2)cc1. The first kappa shape index (κ1) is 15.0. The molecule has 0 aromatic heterocycles. The zero-order valence-corrected chi connectivity index (χ0v) is 12.0. The molecule has 1 aliphatic rings. The van der Waals surface area contributed by atoms with Crippen LogP contribution in [-0.2, 0) is 20.5 Å².